The predicted octanol–water partition coefficient (Wildman–Crippen LogP) is 0.935. The second-order valence-corrected chi connectivity index (χ2v) is 5.66. The molecule has 1 aliphatic carbocycles. The van der Waals surface area contributed by atoms with E-state index >= 15 is 0 Å². The van der Waals surface area contributed by atoms with E-state index in [9.17, 15) is 4.21 Å². The summed E-state index contributed by atoms with van der Waals surface area (Å²) in [7, 11) is -2.62. The number of nitrogens with zero attached hydrogens (tertiary/aromatic N) is 1. The van der Waals surface area contributed by atoms with Gasteiger partial charge in [0.1, 0.15) is 5.82 Å². The molecule has 4 N–H and O–H groups in total. The van der Waals surface area contributed by atoms with Crippen LogP contribution in [0.15, 0.2) is 23.2 Å². The molecule has 1 saturated carbocycles. The van der Waals surface area contributed by atoms with Crippen molar-refractivity contribution < 1.29 is 4.21 Å². The number of hydrogen-bond donors (Lipinski definition) is 3. The fourth-order valence-corrected chi connectivity index (χ4v) is 2.90. The lowest BCUT2D eigenvalue weighted by atomic mass is 10.5. The number of nitrogens with two attached hydrogens (primary N) is 1. The zero-order valence-corrected chi connectivity index (χ0v) is 8.38. The maximum atomic E-state index is 11.9. The van der Waals surface area contributed by atoms with Crippen molar-refractivity contribution in [2.24, 2.45) is 5.84 Å². The molecule has 1 unspecified atom stereocenters. The highest BCUT2D eigenvalue weighted by Gasteiger charge is 2.33. The molecule has 1 atom stereocenters. The van der Waals surface area contributed by atoms with Gasteiger partial charge in [-0.15, -0.1) is 0 Å². The highest BCUT2D eigenvalue weighted by molar-refractivity contribution is 7.93. The van der Waals surface area contributed by atoms with E-state index in [2.05, 4.69) is 10.4 Å². The lowest BCUT2D eigenvalue weighted by Gasteiger charge is -2.05. The summed E-state index contributed by atoms with van der Waals surface area (Å²) >= 11 is 0. The van der Waals surface area contributed by atoms with Gasteiger partial charge in [0, 0.05) is 11.4 Å². The van der Waals surface area contributed by atoms with Gasteiger partial charge in [-0.2, -0.15) is 0 Å². The Morgan fingerprint density at radius 3 is 2.71 bits per heavy atom. The molecule has 1 fully saturated rings. The minimum atomic E-state index is -2.62. The molecule has 1 aromatic rings. The van der Waals surface area contributed by atoms with Crippen LogP contribution in [0.4, 0.5) is 5.82 Å². The van der Waals surface area contributed by atoms with Gasteiger partial charge in [0.15, 0.2) is 0 Å². The third-order valence-electron chi connectivity index (χ3n) is 2.23. The second kappa shape index (κ2) is 3.21. The molecular weight excluding hydrogens is 200 g/mol. The van der Waals surface area contributed by atoms with Gasteiger partial charge in [-0.05, 0) is 25.0 Å². The molecular formula is C8H12N4OS. The van der Waals surface area contributed by atoms with Crippen molar-refractivity contribution in [3.63, 3.8) is 0 Å². The van der Waals surface area contributed by atoms with E-state index in [0.717, 1.165) is 12.8 Å². The first-order valence-corrected chi connectivity index (χ1v) is 5.97. The van der Waals surface area contributed by atoms with Gasteiger partial charge in [0.2, 0.25) is 0 Å². The number of pyridine rings is 1. The first-order valence-electron chi connectivity index (χ1n) is 4.35. The Labute approximate surface area is 82.7 Å². The predicted molar refractivity (Wildman–Crippen MR) is 54.2 cm³/mol. The molecule has 1 heterocycles. The van der Waals surface area contributed by atoms with E-state index < -0.39 is 9.73 Å². The van der Waals surface area contributed by atoms with E-state index in [1.807, 2.05) is 0 Å². The minimum Gasteiger partial charge on any atom is -0.308 e. The van der Waals surface area contributed by atoms with E-state index in [0.29, 0.717) is 10.7 Å². The Morgan fingerprint density at radius 1 is 1.57 bits per heavy atom. The van der Waals surface area contributed by atoms with Gasteiger partial charge in [-0.3, -0.25) is 0 Å². The van der Waals surface area contributed by atoms with Crippen LogP contribution < -0.4 is 11.3 Å². The van der Waals surface area contributed by atoms with Crippen LogP contribution in [0, 0.1) is 4.78 Å². The fraction of sp³-hybridized carbons (Fsp3) is 0.375. The van der Waals surface area contributed by atoms with Crippen LogP contribution in [-0.4, -0.2) is 14.4 Å². The van der Waals surface area contributed by atoms with Crippen LogP contribution in [0.5, 0.6) is 0 Å². The molecule has 5 nitrogen and oxygen atoms in total. The van der Waals surface area contributed by atoms with Crippen molar-refractivity contribution in [2.45, 2.75) is 23.0 Å². The quantitative estimate of drug-likeness (QED) is 0.513. The Bertz CT molecular complexity index is 421. The normalized spacial score (nSPS) is 20.1. The monoisotopic (exact) mass is 212 g/mol. The second-order valence-electron chi connectivity index (χ2n) is 3.32. The van der Waals surface area contributed by atoms with Crippen molar-refractivity contribution in [3.05, 3.63) is 18.3 Å². The molecule has 1 aliphatic rings. The number of anilines is 1. The maximum absolute atomic E-state index is 11.9. The average Bonchev–Trinajstić information content (AvgIpc) is 3.01. The Hall–Kier alpha value is -1.14. The van der Waals surface area contributed by atoms with Gasteiger partial charge in [0.25, 0.3) is 0 Å². The summed E-state index contributed by atoms with van der Waals surface area (Å²) in [6, 6.07) is 3.28. The number of nitrogen functional groups attached to an aromatic ring is 1. The summed E-state index contributed by atoms with van der Waals surface area (Å²) < 4.78 is 19.7. The van der Waals surface area contributed by atoms with Gasteiger partial charge in [-0.1, -0.05) is 0 Å². The lowest BCUT2D eigenvalue weighted by molar-refractivity contribution is 0.673. The molecule has 6 heteroatoms. The molecule has 0 aromatic carbocycles. The van der Waals surface area contributed by atoms with Crippen molar-refractivity contribution in [1.82, 2.24) is 4.98 Å². The SMILES string of the molecule is N=S(=O)(c1ccc(NN)nc1)C1CC1. The fourth-order valence-electron chi connectivity index (χ4n) is 1.24. The molecule has 14 heavy (non-hydrogen) atoms. The molecule has 0 amide bonds. The molecule has 0 aliphatic heterocycles. The zero-order chi connectivity index (χ0) is 10.2. The summed E-state index contributed by atoms with van der Waals surface area (Å²) in [6.45, 7) is 0. The Morgan fingerprint density at radius 2 is 2.29 bits per heavy atom. The third-order valence-corrected chi connectivity index (χ3v) is 4.58. The molecule has 2 rings (SSSR count). The average molecular weight is 212 g/mol. The highest BCUT2D eigenvalue weighted by Crippen LogP contribution is 2.33. The summed E-state index contributed by atoms with van der Waals surface area (Å²) in [5.41, 5.74) is 2.39. The number of rotatable bonds is 3. The number of nitrogens with one attached hydrogen (secondary N) is 2. The van der Waals surface area contributed by atoms with Crippen molar-refractivity contribution in [3.8, 4) is 0 Å². The summed E-state index contributed by atoms with van der Waals surface area (Å²) in [4.78, 5) is 4.44. The lowest BCUT2D eigenvalue weighted by Crippen LogP contribution is -2.10. The molecule has 0 bridgehead atoms. The van der Waals surface area contributed by atoms with Crippen molar-refractivity contribution in [1.29, 1.82) is 4.78 Å². The Kier molecular flexibility index (Phi) is 2.16. The first-order chi connectivity index (χ1) is 6.64. The largest absolute Gasteiger partial charge is 0.308 e. The van der Waals surface area contributed by atoms with Crippen LogP contribution >= 0.6 is 0 Å². The molecule has 0 saturated heterocycles. The zero-order valence-electron chi connectivity index (χ0n) is 7.56. The van der Waals surface area contributed by atoms with Crippen LogP contribution in [0.3, 0.4) is 0 Å². The smallest absolute Gasteiger partial charge is 0.139 e. The van der Waals surface area contributed by atoms with Crippen LogP contribution in [0.2, 0.25) is 0 Å². The number of aromatic nitrogens is 1. The topological polar surface area (TPSA) is 91.9 Å². The number of hydrazine groups is 1. The van der Waals surface area contributed by atoms with Gasteiger partial charge < -0.3 is 5.43 Å². The number of hydrogen-bond acceptors (Lipinski definition) is 5. The van der Waals surface area contributed by atoms with E-state index in [1.165, 1.54) is 6.20 Å². The highest BCUT2D eigenvalue weighted by atomic mass is 32.2. The molecule has 1 aromatic heterocycles. The van der Waals surface area contributed by atoms with Crippen molar-refractivity contribution >= 4 is 15.5 Å². The molecule has 0 spiro atoms. The van der Waals surface area contributed by atoms with Gasteiger partial charge >= 0.3 is 0 Å². The van der Waals surface area contributed by atoms with Crippen LogP contribution in [0.25, 0.3) is 0 Å². The van der Waals surface area contributed by atoms with Gasteiger partial charge in [-0.25, -0.2) is 19.8 Å². The van der Waals surface area contributed by atoms with Gasteiger partial charge in [0.05, 0.1) is 14.6 Å². The first kappa shape index (κ1) is 9.42. The summed E-state index contributed by atoms with van der Waals surface area (Å²) in [5, 5.41) is 0.0287. The van der Waals surface area contributed by atoms with E-state index in [4.69, 9.17) is 10.6 Å². The molecule has 76 valence electrons. The van der Waals surface area contributed by atoms with Crippen LogP contribution in [-0.2, 0) is 9.73 Å². The van der Waals surface area contributed by atoms with Crippen molar-refractivity contribution in [2.75, 3.05) is 5.43 Å². The summed E-state index contributed by atoms with van der Waals surface area (Å²) in [6.07, 6.45) is 3.24. The summed E-state index contributed by atoms with van der Waals surface area (Å²) in [5.74, 6) is 5.66. The minimum absolute atomic E-state index is 0.0287. The third kappa shape index (κ3) is 1.58. The Balaban J connectivity index is 2.33. The van der Waals surface area contributed by atoms with E-state index in [1.54, 1.807) is 12.1 Å². The standard InChI is InChI=1S/C8H12N4OS/c9-12-8-4-3-7(5-11-8)14(10,13)6-1-2-6/h3-6,10H,1-2,9H2,(H,11,12). The van der Waals surface area contributed by atoms with Crippen LogP contribution in [0.1, 0.15) is 12.8 Å². The maximum Gasteiger partial charge on any atom is 0.139 e. The molecule has 0 radical (unpaired) electrons. The van der Waals surface area contributed by atoms with E-state index in [-0.39, 0.29) is 5.25 Å².